The Labute approximate surface area is 73.9 Å². The molecule has 0 aliphatic carbocycles. The van der Waals surface area contributed by atoms with Crippen molar-refractivity contribution in [3.8, 4) is 0 Å². The molecule has 0 fully saturated rings. The van der Waals surface area contributed by atoms with Crippen LogP contribution >= 0.6 is 0 Å². The molecule has 0 spiro atoms. The van der Waals surface area contributed by atoms with Crippen molar-refractivity contribution in [3.05, 3.63) is 40.6 Å². The zero-order chi connectivity index (χ0) is 9.47. The summed E-state index contributed by atoms with van der Waals surface area (Å²) in [4.78, 5) is 13.3. The van der Waals surface area contributed by atoms with E-state index in [0.29, 0.717) is 11.1 Å². The second kappa shape index (κ2) is 2.53. The summed E-state index contributed by atoms with van der Waals surface area (Å²) < 4.78 is 0. The van der Waals surface area contributed by atoms with Gasteiger partial charge in [0.25, 0.3) is 0 Å². The summed E-state index contributed by atoms with van der Waals surface area (Å²) in [6.45, 7) is -0.262. The van der Waals surface area contributed by atoms with Crippen LogP contribution < -0.4 is 0 Å². The van der Waals surface area contributed by atoms with Gasteiger partial charge in [-0.05, 0) is 11.0 Å². The van der Waals surface area contributed by atoms with Crippen LogP contribution in [0, 0.1) is 5.21 Å². The van der Waals surface area contributed by atoms with Crippen molar-refractivity contribution >= 4 is 5.97 Å². The van der Waals surface area contributed by atoms with Crippen molar-refractivity contribution in [2.24, 2.45) is 0 Å². The Kier molecular flexibility index (Phi) is 1.59. The van der Waals surface area contributed by atoms with Gasteiger partial charge in [0.1, 0.15) is 0 Å². The number of carbonyl (C=O) groups excluding carboxylic acids is 1. The van der Waals surface area contributed by atoms with E-state index >= 15 is 0 Å². The number of hydrogen-bond acceptors (Lipinski definition) is 4. The van der Waals surface area contributed by atoms with Gasteiger partial charge in [0.05, 0.1) is 5.56 Å². The smallest absolute Gasteiger partial charge is 0.402 e. The normalized spacial score (nSPS) is 26.5. The highest BCUT2D eigenvalue weighted by molar-refractivity contribution is 5.91. The van der Waals surface area contributed by atoms with Crippen molar-refractivity contribution in [2.45, 2.75) is 6.54 Å². The van der Waals surface area contributed by atoms with Crippen LogP contribution in [0.2, 0.25) is 0 Å². The molecule has 1 heterocycles. The second-order valence-corrected chi connectivity index (χ2v) is 2.83. The minimum absolute atomic E-state index is 0.262. The maximum atomic E-state index is 11.1. The van der Waals surface area contributed by atoms with Gasteiger partial charge in [0.15, 0.2) is 6.54 Å². The monoisotopic (exact) mass is 181 g/mol. The van der Waals surface area contributed by atoms with E-state index in [4.69, 9.17) is 5.21 Å². The van der Waals surface area contributed by atoms with Gasteiger partial charge in [-0.25, -0.2) is 9.63 Å². The molecule has 1 aliphatic rings. The van der Waals surface area contributed by atoms with Gasteiger partial charge < -0.3 is 5.21 Å². The van der Waals surface area contributed by atoms with E-state index in [2.05, 4.69) is 4.84 Å². The molecule has 2 rings (SSSR count). The number of benzene rings is 1. The Balaban J connectivity index is 2.49. The molecule has 1 atom stereocenters. The van der Waals surface area contributed by atoms with Gasteiger partial charge >= 0.3 is 5.97 Å². The maximum Gasteiger partial charge on any atom is 0.402 e. The van der Waals surface area contributed by atoms with Crippen LogP contribution in [0.25, 0.3) is 0 Å². The van der Waals surface area contributed by atoms with E-state index < -0.39 is 10.9 Å². The predicted molar refractivity (Wildman–Crippen MR) is 41.0 cm³/mol. The Morgan fingerprint density at radius 2 is 2.15 bits per heavy atom. The summed E-state index contributed by atoms with van der Waals surface area (Å²) in [6, 6.07) is 6.52. The highest BCUT2D eigenvalue weighted by Crippen LogP contribution is 2.22. The predicted octanol–water partition coefficient (Wildman–Crippen LogP) is 0.976. The summed E-state index contributed by atoms with van der Waals surface area (Å²) in [5.41, 5.74) is 0.831. The van der Waals surface area contributed by atoms with Crippen molar-refractivity contribution in [1.82, 2.24) is 0 Å². The third-order valence-corrected chi connectivity index (χ3v) is 1.83. The van der Waals surface area contributed by atoms with Crippen LogP contribution in [-0.2, 0) is 11.4 Å². The zero-order valence-corrected chi connectivity index (χ0v) is 6.64. The standard InChI is InChI=1S/C8H7NO4/c10-8-7-4-2-1-3-6(7)5-9(11,12)13-8/h1-4,11H,5H2. The molecule has 0 amide bonds. The molecule has 5 nitrogen and oxygen atoms in total. The highest BCUT2D eigenvalue weighted by atomic mass is 17.1. The Morgan fingerprint density at radius 1 is 1.46 bits per heavy atom. The van der Waals surface area contributed by atoms with Gasteiger partial charge in [-0.1, -0.05) is 18.2 Å². The van der Waals surface area contributed by atoms with Crippen molar-refractivity contribution in [1.29, 1.82) is 0 Å². The number of hydroxylamine groups is 3. The minimum atomic E-state index is -1.98. The lowest BCUT2D eigenvalue weighted by Crippen LogP contribution is -2.43. The molecule has 1 aromatic carbocycles. The number of rotatable bonds is 0. The second-order valence-electron chi connectivity index (χ2n) is 2.83. The average Bonchev–Trinajstić information content (AvgIpc) is 2.02. The fourth-order valence-electron chi connectivity index (χ4n) is 1.28. The van der Waals surface area contributed by atoms with Crippen LogP contribution in [0.15, 0.2) is 24.3 Å². The van der Waals surface area contributed by atoms with E-state index in [9.17, 15) is 10.0 Å². The number of nitrogens with zero attached hydrogens (tertiary/aromatic N) is 1. The zero-order valence-electron chi connectivity index (χ0n) is 6.64. The quantitative estimate of drug-likeness (QED) is 0.478. The molecule has 1 N–H and O–H groups in total. The molecule has 0 radical (unpaired) electrons. The average molecular weight is 181 g/mol. The summed E-state index contributed by atoms with van der Waals surface area (Å²) in [6.07, 6.45) is 0. The van der Waals surface area contributed by atoms with Crippen LogP contribution in [0.5, 0.6) is 0 Å². The number of fused-ring (bicyclic) bond motifs is 1. The molecule has 1 aliphatic heterocycles. The number of hydrogen-bond donors (Lipinski definition) is 1. The van der Waals surface area contributed by atoms with Gasteiger partial charge in [-0.2, -0.15) is 5.21 Å². The van der Waals surface area contributed by atoms with E-state index in [0.717, 1.165) is 0 Å². The van der Waals surface area contributed by atoms with Crippen molar-refractivity contribution in [3.63, 3.8) is 0 Å². The first-order chi connectivity index (χ1) is 6.08. The summed E-state index contributed by atoms with van der Waals surface area (Å²) in [5.74, 6) is -0.792. The highest BCUT2D eigenvalue weighted by Gasteiger charge is 2.32. The van der Waals surface area contributed by atoms with Gasteiger partial charge in [0, 0.05) is 5.56 Å². The van der Waals surface area contributed by atoms with Gasteiger partial charge in [0.2, 0.25) is 0 Å². The SMILES string of the molecule is O=C1O[N+]([O-])(O)Cc2ccccc21. The lowest BCUT2D eigenvalue weighted by atomic mass is 10.1. The number of quaternary nitrogens is 1. The summed E-state index contributed by atoms with van der Waals surface area (Å²) in [7, 11) is 0. The van der Waals surface area contributed by atoms with Crippen LogP contribution in [0.4, 0.5) is 0 Å². The first-order valence-electron chi connectivity index (χ1n) is 3.72. The van der Waals surface area contributed by atoms with E-state index in [1.165, 1.54) is 0 Å². The summed E-state index contributed by atoms with van der Waals surface area (Å²) in [5, 5.41) is 19.9. The fourth-order valence-corrected chi connectivity index (χ4v) is 1.28. The molecule has 1 unspecified atom stereocenters. The molecular formula is C8H7NO4. The van der Waals surface area contributed by atoms with E-state index in [1.54, 1.807) is 24.3 Å². The molecule has 0 bridgehead atoms. The lowest BCUT2D eigenvalue weighted by molar-refractivity contribution is -1.21. The molecular weight excluding hydrogens is 174 g/mol. The topological polar surface area (TPSA) is 69.6 Å². The molecule has 0 saturated heterocycles. The molecule has 68 valence electrons. The first-order valence-corrected chi connectivity index (χ1v) is 3.72. The number of carbonyl (C=O) groups is 1. The fraction of sp³-hybridized carbons (Fsp3) is 0.125. The van der Waals surface area contributed by atoms with Crippen LogP contribution in [0.3, 0.4) is 0 Å². The van der Waals surface area contributed by atoms with Crippen LogP contribution in [-0.4, -0.2) is 16.1 Å². The van der Waals surface area contributed by atoms with Crippen molar-refractivity contribution in [2.75, 3.05) is 0 Å². The van der Waals surface area contributed by atoms with Gasteiger partial charge in [-0.3, -0.25) is 0 Å². The lowest BCUT2D eigenvalue weighted by Gasteiger charge is -2.32. The minimum Gasteiger partial charge on any atom is -0.554 e. The maximum absolute atomic E-state index is 11.1. The third-order valence-electron chi connectivity index (χ3n) is 1.83. The Bertz CT molecular complexity index is 361. The molecule has 0 aromatic heterocycles. The third kappa shape index (κ3) is 1.40. The van der Waals surface area contributed by atoms with E-state index in [1.807, 2.05) is 0 Å². The largest absolute Gasteiger partial charge is 0.554 e. The molecule has 0 saturated carbocycles. The van der Waals surface area contributed by atoms with Crippen molar-refractivity contribution < 1.29 is 19.8 Å². The molecule has 13 heavy (non-hydrogen) atoms. The first kappa shape index (κ1) is 8.18. The summed E-state index contributed by atoms with van der Waals surface area (Å²) >= 11 is 0. The Morgan fingerprint density at radius 3 is 2.92 bits per heavy atom. The molecule has 5 heteroatoms. The van der Waals surface area contributed by atoms with E-state index in [-0.39, 0.29) is 6.54 Å². The van der Waals surface area contributed by atoms with Crippen LogP contribution in [0.1, 0.15) is 15.9 Å². The van der Waals surface area contributed by atoms with Gasteiger partial charge in [-0.15, -0.1) is 0 Å². The molecule has 1 aromatic rings. The Hall–Kier alpha value is -1.43.